The zero-order valence-electron chi connectivity index (χ0n) is 11.2. The van der Waals surface area contributed by atoms with Gasteiger partial charge in [-0.1, -0.05) is 18.2 Å². The predicted octanol–water partition coefficient (Wildman–Crippen LogP) is 2.76. The van der Waals surface area contributed by atoms with E-state index in [9.17, 15) is 14.3 Å². The van der Waals surface area contributed by atoms with Crippen LogP contribution in [-0.2, 0) is 0 Å². The molecule has 104 valence electrons. The molecule has 0 aliphatic heterocycles. The summed E-state index contributed by atoms with van der Waals surface area (Å²) in [6.07, 6.45) is 1.43. The van der Waals surface area contributed by atoms with Crippen LogP contribution in [0, 0.1) is 5.82 Å². The monoisotopic (exact) mass is 274 g/mol. The van der Waals surface area contributed by atoms with Gasteiger partial charge in [-0.05, 0) is 25.1 Å². The number of carbonyl (C=O) groups excluding carboxylic acids is 1. The molecule has 1 atom stereocenters. The molecule has 0 aliphatic carbocycles. The third-order valence-electron chi connectivity index (χ3n) is 3.25. The van der Waals surface area contributed by atoms with Gasteiger partial charge < -0.3 is 10.0 Å². The Bertz CT molecular complexity index is 631. The van der Waals surface area contributed by atoms with Gasteiger partial charge in [-0.25, -0.2) is 9.37 Å². The molecule has 2 aromatic rings. The Morgan fingerprint density at radius 1 is 1.30 bits per heavy atom. The molecule has 1 N–H and O–H groups in total. The number of hydrogen-bond donors (Lipinski definition) is 1. The summed E-state index contributed by atoms with van der Waals surface area (Å²) in [5.74, 6) is -1.02. The van der Waals surface area contributed by atoms with Crippen molar-refractivity contribution in [1.82, 2.24) is 9.88 Å². The lowest BCUT2D eigenvalue weighted by molar-refractivity contribution is 0.0731. The molecule has 1 amide bonds. The second kappa shape index (κ2) is 5.69. The Labute approximate surface area is 116 Å². The van der Waals surface area contributed by atoms with Crippen molar-refractivity contribution in [3.63, 3.8) is 0 Å². The molecule has 20 heavy (non-hydrogen) atoms. The van der Waals surface area contributed by atoms with Crippen LogP contribution in [0.5, 0.6) is 5.75 Å². The van der Waals surface area contributed by atoms with Crippen molar-refractivity contribution in [1.29, 1.82) is 0 Å². The van der Waals surface area contributed by atoms with Crippen molar-refractivity contribution in [3.8, 4) is 5.75 Å². The second-order valence-corrected chi connectivity index (χ2v) is 4.48. The first kappa shape index (κ1) is 14.0. The molecule has 0 radical (unpaired) electrons. The molecule has 5 heteroatoms. The zero-order chi connectivity index (χ0) is 14.7. The van der Waals surface area contributed by atoms with Gasteiger partial charge in [-0.2, -0.15) is 0 Å². The first-order valence-corrected chi connectivity index (χ1v) is 6.18. The van der Waals surface area contributed by atoms with Crippen LogP contribution in [-0.4, -0.2) is 27.9 Å². The van der Waals surface area contributed by atoms with E-state index in [1.165, 1.54) is 29.3 Å². The van der Waals surface area contributed by atoms with E-state index in [4.69, 9.17) is 0 Å². The minimum absolute atomic E-state index is 0.0433. The van der Waals surface area contributed by atoms with E-state index in [0.717, 1.165) is 0 Å². The largest absolute Gasteiger partial charge is 0.505 e. The highest BCUT2D eigenvalue weighted by Crippen LogP contribution is 2.24. The van der Waals surface area contributed by atoms with E-state index >= 15 is 0 Å². The number of amides is 1. The summed E-state index contributed by atoms with van der Waals surface area (Å²) in [6.45, 7) is 1.72. The van der Waals surface area contributed by atoms with Gasteiger partial charge in [0, 0.05) is 18.8 Å². The van der Waals surface area contributed by atoms with E-state index < -0.39 is 11.9 Å². The highest BCUT2D eigenvalue weighted by Gasteiger charge is 2.23. The van der Waals surface area contributed by atoms with Crippen molar-refractivity contribution in [2.75, 3.05) is 7.05 Å². The molecular weight excluding hydrogens is 259 g/mol. The van der Waals surface area contributed by atoms with Crippen LogP contribution in [0.15, 0.2) is 42.6 Å². The number of benzene rings is 1. The van der Waals surface area contributed by atoms with Crippen LogP contribution in [0.2, 0.25) is 0 Å². The van der Waals surface area contributed by atoms with Gasteiger partial charge in [0.2, 0.25) is 0 Å². The molecule has 1 aromatic carbocycles. The van der Waals surface area contributed by atoms with Gasteiger partial charge in [0.05, 0.1) is 6.04 Å². The highest BCUT2D eigenvalue weighted by molar-refractivity contribution is 5.94. The van der Waals surface area contributed by atoms with Crippen LogP contribution < -0.4 is 0 Å². The predicted molar refractivity (Wildman–Crippen MR) is 72.8 cm³/mol. The molecular formula is C15H15FN2O2. The number of aromatic nitrogens is 1. The van der Waals surface area contributed by atoms with Gasteiger partial charge >= 0.3 is 0 Å². The maximum absolute atomic E-state index is 13.7. The second-order valence-electron chi connectivity index (χ2n) is 4.48. The van der Waals surface area contributed by atoms with Crippen molar-refractivity contribution >= 4 is 5.91 Å². The average molecular weight is 274 g/mol. The molecule has 1 heterocycles. The van der Waals surface area contributed by atoms with E-state index in [-0.39, 0.29) is 17.3 Å². The quantitative estimate of drug-likeness (QED) is 0.936. The number of halogens is 1. The van der Waals surface area contributed by atoms with Crippen LogP contribution in [0.1, 0.15) is 29.0 Å². The van der Waals surface area contributed by atoms with Crippen molar-refractivity contribution in [2.45, 2.75) is 13.0 Å². The first-order chi connectivity index (χ1) is 9.52. The van der Waals surface area contributed by atoms with Gasteiger partial charge in [0.25, 0.3) is 5.91 Å². The summed E-state index contributed by atoms with van der Waals surface area (Å²) in [6, 6.07) is 8.74. The van der Waals surface area contributed by atoms with Crippen molar-refractivity contribution in [3.05, 3.63) is 59.7 Å². The first-order valence-electron chi connectivity index (χ1n) is 6.18. The molecule has 1 aromatic heterocycles. The Hall–Kier alpha value is -2.43. The number of hydrogen-bond acceptors (Lipinski definition) is 3. The average Bonchev–Trinajstić information content (AvgIpc) is 2.46. The molecule has 0 bridgehead atoms. The summed E-state index contributed by atoms with van der Waals surface area (Å²) < 4.78 is 13.7. The summed E-state index contributed by atoms with van der Waals surface area (Å²) in [5.41, 5.74) is 0.372. The minimum atomic E-state index is -0.467. The zero-order valence-corrected chi connectivity index (χ0v) is 11.2. The summed E-state index contributed by atoms with van der Waals surface area (Å²) in [5, 5.41) is 9.65. The Morgan fingerprint density at radius 2 is 2.00 bits per heavy atom. The third-order valence-corrected chi connectivity index (χ3v) is 3.25. The maximum atomic E-state index is 13.7. The molecule has 0 saturated carbocycles. The van der Waals surface area contributed by atoms with Crippen LogP contribution in [0.3, 0.4) is 0 Å². The van der Waals surface area contributed by atoms with Gasteiger partial charge in [-0.3, -0.25) is 4.79 Å². The molecule has 0 spiro atoms. The lowest BCUT2D eigenvalue weighted by Gasteiger charge is -2.25. The number of aromatic hydroxyl groups is 1. The van der Waals surface area contributed by atoms with Gasteiger partial charge in [0.15, 0.2) is 5.69 Å². The van der Waals surface area contributed by atoms with E-state index in [0.29, 0.717) is 5.56 Å². The molecule has 0 fully saturated rings. The highest BCUT2D eigenvalue weighted by atomic mass is 19.1. The Morgan fingerprint density at radius 3 is 2.65 bits per heavy atom. The lowest BCUT2D eigenvalue weighted by atomic mass is 10.1. The normalized spacial score (nSPS) is 11.9. The SMILES string of the molecule is CC(c1ccccc1F)N(C)C(=O)c1ncccc1O. The Kier molecular flexibility index (Phi) is 3.98. The number of carbonyl (C=O) groups is 1. The molecule has 0 saturated heterocycles. The lowest BCUT2D eigenvalue weighted by Crippen LogP contribution is -2.30. The maximum Gasteiger partial charge on any atom is 0.276 e. The molecule has 1 unspecified atom stereocenters. The van der Waals surface area contributed by atoms with E-state index in [1.54, 1.807) is 32.2 Å². The fourth-order valence-corrected chi connectivity index (χ4v) is 1.93. The smallest absolute Gasteiger partial charge is 0.276 e. The fourth-order valence-electron chi connectivity index (χ4n) is 1.93. The number of nitrogens with zero attached hydrogens (tertiary/aromatic N) is 2. The molecule has 2 rings (SSSR count). The number of rotatable bonds is 3. The van der Waals surface area contributed by atoms with Crippen LogP contribution in [0.25, 0.3) is 0 Å². The minimum Gasteiger partial charge on any atom is -0.505 e. The van der Waals surface area contributed by atoms with Gasteiger partial charge in [0.1, 0.15) is 11.6 Å². The van der Waals surface area contributed by atoms with E-state index in [2.05, 4.69) is 4.98 Å². The standard InChI is InChI=1S/C15H15FN2O2/c1-10(11-6-3-4-7-12(11)16)18(2)15(20)14-13(19)8-5-9-17-14/h3-10,19H,1-2H3. The van der Waals surface area contributed by atoms with E-state index in [1.807, 2.05) is 0 Å². The molecule has 0 aliphatic rings. The fraction of sp³-hybridized carbons (Fsp3) is 0.200. The van der Waals surface area contributed by atoms with Gasteiger partial charge in [-0.15, -0.1) is 0 Å². The van der Waals surface area contributed by atoms with Crippen molar-refractivity contribution in [2.24, 2.45) is 0 Å². The summed E-state index contributed by atoms with van der Waals surface area (Å²) in [4.78, 5) is 17.5. The topological polar surface area (TPSA) is 53.4 Å². The Balaban J connectivity index is 2.28. The third kappa shape index (κ3) is 2.61. The number of pyridine rings is 1. The summed E-state index contributed by atoms with van der Waals surface area (Å²) >= 11 is 0. The van der Waals surface area contributed by atoms with Crippen LogP contribution >= 0.6 is 0 Å². The van der Waals surface area contributed by atoms with Crippen molar-refractivity contribution < 1.29 is 14.3 Å². The molecule has 4 nitrogen and oxygen atoms in total. The summed E-state index contributed by atoms with van der Waals surface area (Å²) in [7, 11) is 1.55. The van der Waals surface area contributed by atoms with Crippen LogP contribution in [0.4, 0.5) is 4.39 Å².